The number of hydrogen-bond acceptors (Lipinski definition) is 3. The molecule has 1 aliphatic rings. The van der Waals surface area contributed by atoms with E-state index in [-0.39, 0.29) is 5.92 Å². The van der Waals surface area contributed by atoms with Crippen molar-refractivity contribution in [2.75, 3.05) is 0 Å². The molecule has 4 nitrogen and oxygen atoms in total. The number of aliphatic hydroxyl groups excluding tert-OH is 1. The molecule has 0 radical (unpaired) electrons. The Morgan fingerprint density at radius 1 is 1.11 bits per heavy atom. The first kappa shape index (κ1) is 14.8. The van der Waals surface area contributed by atoms with Crippen LogP contribution in [0.4, 0.5) is 0 Å². The molecule has 0 saturated heterocycles. The minimum atomic E-state index is -4.35. The van der Waals surface area contributed by atoms with E-state index in [9.17, 15) is 13.5 Å². The smallest absolute Gasteiger partial charge is 0.292 e. The minimum Gasteiger partial charge on any atom is -0.375 e. The van der Waals surface area contributed by atoms with Gasteiger partial charge < -0.3 is 5.11 Å². The van der Waals surface area contributed by atoms with Crippen LogP contribution in [0.1, 0.15) is 37.2 Å². The molecule has 1 unspecified atom stereocenters. The SMILES string of the molecule is O=S(=O)(O)C(O)[C@H]1CC[C@H](c2ccc(Cl)cc2)CC1. The molecule has 0 aromatic heterocycles. The number of hydrogen-bond donors (Lipinski definition) is 2. The molecule has 1 saturated carbocycles. The van der Waals surface area contributed by atoms with Crippen molar-refractivity contribution in [2.24, 2.45) is 5.92 Å². The van der Waals surface area contributed by atoms with Gasteiger partial charge in [0.25, 0.3) is 10.1 Å². The molecule has 0 spiro atoms. The number of aliphatic hydroxyl groups is 1. The van der Waals surface area contributed by atoms with Gasteiger partial charge in [0.2, 0.25) is 0 Å². The predicted molar refractivity (Wildman–Crippen MR) is 73.7 cm³/mol. The van der Waals surface area contributed by atoms with Gasteiger partial charge >= 0.3 is 0 Å². The molecule has 0 heterocycles. The molecule has 1 fully saturated rings. The van der Waals surface area contributed by atoms with Crippen LogP contribution in [0.5, 0.6) is 0 Å². The quantitative estimate of drug-likeness (QED) is 0.842. The van der Waals surface area contributed by atoms with Crippen molar-refractivity contribution in [2.45, 2.75) is 37.0 Å². The summed E-state index contributed by atoms with van der Waals surface area (Å²) in [6.45, 7) is 0. The number of rotatable bonds is 3. The predicted octanol–water partition coefficient (Wildman–Crippen LogP) is 2.82. The Hall–Kier alpha value is -0.620. The maximum atomic E-state index is 10.9. The fraction of sp³-hybridized carbons (Fsp3) is 0.538. The van der Waals surface area contributed by atoms with Crippen molar-refractivity contribution in [1.82, 2.24) is 0 Å². The van der Waals surface area contributed by atoms with E-state index in [0.29, 0.717) is 23.8 Å². The number of benzene rings is 1. The Morgan fingerprint density at radius 3 is 2.11 bits per heavy atom. The summed E-state index contributed by atoms with van der Waals surface area (Å²) >= 11 is 5.84. The summed E-state index contributed by atoms with van der Waals surface area (Å²) in [4.78, 5) is 0. The summed E-state index contributed by atoms with van der Waals surface area (Å²) in [7, 11) is -4.35. The Kier molecular flexibility index (Phi) is 4.50. The molecule has 1 atom stereocenters. The summed E-state index contributed by atoms with van der Waals surface area (Å²) in [5.74, 6) is -0.0133. The first-order chi connectivity index (χ1) is 8.88. The fourth-order valence-corrected chi connectivity index (χ4v) is 3.60. The Labute approximate surface area is 118 Å². The van der Waals surface area contributed by atoms with Gasteiger partial charge in [0.1, 0.15) is 0 Å². The first-order valence-corrected chi connectivity index (χ1v) is 8.16. The molecule has 0 bridgehead atoms. The van der Waals surface area contributed by atoms with Crippen LogP contribution in [0.25, 0.3) is 0 Å². The molecule has 2 N–H and O–H groups in total. The molecule has 1 aromatic carbocycles. The van der Waals surface area contributed by atoms with Crippen LogP contribution in [-0.2, 0) is 10.1 Å². The van der Waals surface area contributed by atoms with Gasteiger partial charge in [0.05, 0.1) is 0 Å². The highest BCUT2D eigenvalue weighted by atomic mass is 35.5. The first-order valence-electron chi connectivity index (χ1n) is 6.28. The van der Waals surface area contributed by atoms with E-state index in [1.807, 2.05) is 24.3 Å². The highest BCUT2D eigenvalue weighted by Gasteiger charge is 2.33. The topological polar surface area (TPSA) is 74.6 Å². The summed E-state index contributed by atoms with van der Waals surface area (Å²) in [5, 5.41) is 10.2. The molecule has 106 valence electrons. The zero-order valence-corrected chi connectivity index (χ0v) is 11.9. The van der Waals surface area contributed by atoms with Crippen molar-refractivity contribution in [3.8, 4) is 0 Å². The lowest BCUT2D eigenvalue weighted by atomic mass is 9.79. The number of halogens is 1. The van der Waals surface area contributed by atoms with E-state index >= 15 is 0 Å². The molecular formula is C13H17ClO4S. The van der Waals surface area contributed by atoms with Crippen molar-refractivity contribution in [1.29, 1.82) is 0 Å². The van der Waals surface area contributed by atoms with Crippen LogP contribution >= 0.6 is 11.6 Å². The standard InChI is InChI=1S/C13H17ClO4S/c14-12-7-5-10(6-8-12)9-1-3-11(4-2-9)13(15)19(16,17)18/h5-9,11,13,15H,1-4H2,(H,16,17,18)/t9-,11-,13?. The largest absolute Gasteiger partial charge is 0.375 e. The van der Waals surface area contributed by atoms with Crippen molar-refractivity contribution in [3.63, 3.8) is 0 Å². The summed E-state index contributed by atoms with van der Waals surface area (Å²) in [5.41, 5.74) is -0.470. The highest BCUT2D eigenvalue weighted by Crippen LogP contribution is 2.38. The Balaban J connectivity index is 1.98. The monoisotopic (exact) mass is 304 g/mol. The fourth-order valence-electron chi connectivity index (χ4n) is 2.72. The normalized spacial score (nSPS) is 26.1. The maximum absolute atomic E-state index is 10.9. The van der Waals surface area contributed by atoms with E-state index in [4.69, 9.17) is 16.2 Å². The van der Waals surface area contributed by atoms with Crippen LogP contribution in [0.3, 0.4) is 0 Å². The second-order valence-electron chi connectivity index (χ2n) is 5.07. The van der Waals surface area contributed by atoms with E-state index in [1.54, 1.807) is 0 Å². The minimum absolute atomic E-state index is 0.363. The van der Waals surface area contributed by atoms with E-state index in [2.05, 4.69) is 0 Å². The summed E-state index contributed by atoms with van der Waals surface area (Å²) in [6, 6.07) is 7.64. The second kappa shape index (κ2) is 5.79. The molecule has 1 aliphatic carbocycles. The molecule has 2 rings (SSSR count). The van der Waals surface area contributed by atoms with Crippen LogP contribution < -0.4 is 0 Å². The van der Waals surface area contributed by atoms with Crippen molar-refractivity contribution in [3.05, 3.63) is 34.9 Å². The van der Waals surface area contributed by atoms with E-state index in [0.717, 1.165) is 12.8 Å². The van der Waals surface area contributed by atoms with Gasteiger partial charge in [-0.05, 0) is 49.3 Å². The Bertz CT molecular complexity index is 518. The van der Waals surface area contributed by atoms with Gasteiger partial charge in [-0.25, -0.2) is 0 Å². The van der Waals surface area contributed by atoms with Gasteiger partial charge in [0.15, 0.2) is 5.44 Å². The summed E-state index contributed by atoms with van der Waals surface area (Å²) in [6.07, 6.45) is 2.79. The second-order valence-corrected chi connectivity index (χ2v) is 7.02. The van der Waals surface area contributed by atoms with Gasteiger partial charge in [-0.1, -0.05) is 23.7 Å². The lowest BCUT2D eigenvalue weighted by Gasteiger charge is -2.30. The van der Waals surface area contributed by atoms with Crippen LogP contribution in [0.2, 0.25) is 5.02 Å². The molecule has 6 heteroatoms. The molecule has 19 heavy (non-hydrogen) atoms. The molecule has 0 amide bonds. The molecule has 0 aliphatic heterocycles. The van der Waals surface area contributed by atoms with Gasteiger partial charge in [0, 0.05) is 10.9 Å². The van der Waals surface area contributed by atoms with Crippen LogP contribution in [-0.4, -0.2) is 23.5 Å². The molecule has 1 aromatic rings. The third-order valence-electron chi connectivity index (χ3n) is 3.82. The van der Waals surface area contributed by atoms with Gasteiger partial charge in [-0.15, -0.1) is 0 Å². The van der Waals surface area contributed by atoms with E-state index in [1.165, 1.54) is 5.56 Å². The van der Waals surface area contributed by atoms with Gasteiger partial charge in [-0.2, -0.15) is 8.42 Å². The van der Waals surface area contributed by atoms with Gasteiger partial charge in [-0.3, -0.25) is 4.55 Å². The van der Waals surface area contributed by atoms with Crippen molar-refractivity contribution < 1.29 is 18.1 Å². The maximum Gasteiger partial charge on any atom is 0.292 e. The van der Waals surface area contributed by atoms with Crippen LogP contribution in [0, 0.1) is 5.92 Å². The zero-order valence-electron chi connectivity index (χ0n) is 10.4. The third-order valence-corrected chi connectivity index (χ3v) is 5.07. The third kappa shape index (κ3) is 3.69. The van der Waals surface area contributed by atoms with Crippen molar-refractivity contribution >= 4 is 21.7 Å². The van der Waals surface area contributed by atoms with Crippen LogP contribution in [0.15, 0.2) is 24.3 Å². The average molecular weight is 305 g/mol. The Morgan fingerprint density at radius 2 is 1.63 bits per heavy atom. The zero-order chi connectivity index (χ0) is 14.0. The van der Waals surface area contributed by atoms with E-state index < -0.39 is 15.6 Å². The highest BCUT2D eigenvalue weighted by molar-refractivity contribution is 7.86. The average Bonchev–Trinajstić information content (AvgIpc) is 2.38. The lowest BCUT2D eigenvalue weighted by Crippen LogP contribution is -2.31. The lowest BCUT2D eigenvalue weighted by molar-refractivity contribution is 0.135. The summed E-state index contributed by atoms with van der Waals surface area (Å²) < 4.78 is 30.7. The molecular weight excluding hydrogens is 288 g/mol.